The van der Waals surface area contributed by atoms with Crippen LogP contribution in [0.15, 0.2) is 18.2 Å². The number of halogens is 1. The maximum absolute atomic E-state index is 12.7. The summed E-state index contributed by atoms with van der Waals surface area (Å²) in [5, 5.41) is 9.36. The Labute approximate surface area is 127 Å². The maximum Gasteiger partial charge on any atom is 0.305 e. The fraction of sp³-hybridized carbons (Fsp3) is 0.429. The van der Waals surface area contributed by atoms with Gasteiger partial charge in [0, 0.05) is 11.6 Å². The summed E-state index contributed by atoms with van der Waals surface area (Å²) in [5.41, 5.74) is 0.322. The molecule has 2 rings (SSSR count). The lowest BCUT2D eigenvalue weighted by atomic mass is 10.1. The van der Waals surface area contributed by atoms with Crippen LogP contribution in [0.3, 0.4) is 0 Å². The summed E-state index contributed by atoms with van der Waals surface area (Å²) in [6, 6.07) is 4.27. The highest BCUT2D eigenvalue weighted by Gasteiger charge is 2.31. The monoisotopic (exact) mass is 313 g/mol. The molecule has 1 aliphatic rings. The fourth-order valence-electron chi connectivity index (χ4n) is 2.29. The van der Waals surface area contributed by atoms with Crippen LogP contribution in [0.1, 0.15) is 16.8 Å². The SMILES string of the molecule is COc1ccc(Cl)cc1C(=O)N1CCOCC1CC(=O)O. The van der Waals surface area contributed by atoms with Crippen LogP contribution in [-0.2, 0) is 9.53 Å². The van der Waals surface area contributed by atoms with Crippen LogP contribution < -0.4 is 4.74 Å². The second kappa shape index (κ2) is 6.78. The first-order valence-corrected chi connectivity index (χ1v) is 6.84. The number of aliphatic carboxylic acids is 1. The van der Waals surface area contributed by atoms with E-state index in [0.717, 1.165) is 0 Å². The van der Waals surface area contributed by atoms with Gasteiger partial charge in [0.1, 0.15) is 5.75 Å². The zero-order valence-corrected chi connectivity index (χ0v) is 12.3. The van der Waals surface area contributed by atoms with E-state index in [1.807, 2.05) is 0 Å². The Hall–Kier alpha value is -1.79. The summed E-state index contributed by atoms with van der Waals surface area (Å²) in [5.74, 6) is -0.866. The topological polar surface area (TPSA) is 76.1 Å². The number of ether oxygens (including phenoxy) is 2. The molecule has 1 aliphatic heterocycles. The van der Waals surface area contributed by atoms with Gasteiger partial charge < -0.3 is 19.5 Å². The minimum Gasteiger partial charge on any atom is -0.496 e. The summed E-state index contributed by atoms with van der Waals surface area (Å²) < 4.78 is 10.4. The van der Waals surface area contributed by atoms with Gasteiger partial charge >= 0.3 is 5.97 Å². The van der Waals surface area contributed by atoms with Gasteiger partial charge in [-0.25, -0.2) is 0 Å². The molecule has 1 aromatic rings. The van der Waals surface area contributed by atoms with Crippen molar-refractivity contribution in [2.24, 2.45) is 0 Å². The molecule has 7 heteroatoms. The number of hydrogen-bond acceptors (Lipinski definition) is 4. The van der Waals surface area contributed by atoms with Gasteiger partial charge in [0.2, 0.25) is 0 Å². The van der Waals surface area contributed by atoms with Crippen molar-refractivity contribution in [2.45, 2.75) is 12.5 Å². The molecule has 1 amide bonds. The molecule has 1 atom stereocenters. The fourth-order valence-corrected chi connectivity index (χ4v) is 2.47. The van der Waals surface area contributed by atoms with E-state index in [0.29, 0.717) is 29.5 Å². The second-order valence-electron chi connectivity index (χ2n) is 4.67. The zero-order chi connectivity index (χ0) is 15.4. The lowest BCUT2D eigenvalue weighted by Crippen LogP contribution is -2.49. The van der Waals surface area contributed by atoms with Crippen LogP contribution in [0.2, 0.25) is 5.02 Å². The summed E-state index contributed by atoms with van der Waals surface area (Å²) in [4.78, 5) is 25.1. The molecule has 0 aromatic heterocycles. The molecule has 1 heterocycles. The quantitative estimate of drug-likeness (QED) is 0.915. The van der Waals surface area contributed by atoms with E-state index < -0.39 is 12.0 Å². The van der Waals surface area contributed by atoms with Crippen molar-refractivity contribution in [3.8, 4) is 5.75 Å². The van der Waals surface area contributed by atoms with Crippen molar-refractivity contribution in [1.82, 2.24) is 4.90 Å². The van der Waals surface area contributed by atoms with Crippen LogP contribution >= 0.6 is 11.6 Å². The number of amides is 1. The van der Waals surface area contributed by atoms with Crippen molar-refractivity contribution >= 4 is 23.5 Å². The highest BCUT2D eigenvalue weighted by Crippen LogP contribution is 2.26. The van der Waals surface area contributed by atoms with E-state index in [9.17, 15) is 9.59 Å². The van der Waals surface area contributed by atoms with Crippen LogP contribution in [0.25, 0.3) is 0 Å². The normalized spacial score (nSPS) is 18.4. The summed E-state index contributed by atoms with van der Waals surface area (Å²) >= 11 is 5.93. The maximum atomic E-state index is 12.7. The van der Waals surface area contributed by atoms with Gasteiger partial charge in [-0.05, 0) is 18.2 Å². The molecule has 0 saturated carbocycles. The minimum atomic E-state index is -0.971. The Morgan fingerprint density at radius 1 is 1.52 bits per heavy atom. The predicted molar refractivity (Wildman–Crippen MR) is 75.9 cm³/mol. The summed E-state index contributed by atoms with van der Waals surface area (Å²) in [6.45, 7) is 0.929. The molecule has 6 nitrogen and oxygen atoms in total. The minimum absolute atomic E-state index is 0.158. The van der Waals surface area contributed by atoms with Crippen molar-refractivity contribution in [2.75, 3.05) is 26.9 Å². The largest absolute Gasteiger partial charge is 0.496 e. The number of carbonyl (C=O) groups excluding carboxylic acids is 1. The highest BCUT2D eigenvalue weighted by molar-refractivity contribution is 6.31. The molecule has 114 valence electrons. The van der Waals surface area contributed by atoms with E-state index in [1.165, 1.54) is 18.1 Å². The van der Waals surface area contributed by atoms with Gasteiger partial charge in [-0.15, -0.1) is 0 Å². The Morgan fingerprint density at radius 3 is 2.95 bits per heavy atom. The Kier molecular flexibility index (Phi) is 5.03. The van der Waals surface area contributed by atoms with E-state index in [2.05, 4.69) is 0 Å². The standard InChI is InChI=1S/C14H16ClNO5/c1-20-12-3-2-9(15)6-11(12)14(19)16-4-5-21-8-10(16)7-13(17)18/h2-3,6,10H,4-5,7-8H2,1H3,(H,17,18). The molecule has 0 radical (unpaired) electrons. The Bertz CT molecular complexity index is 548. The molecular weight excluding hydrogens is 298 g/mol. The first-order valence-electron chi connectivity index (χ1n) is 6.47. The van der Waals surface area contributed by atoms with Gasteiger partial charge in [0.05, 0.1) is 38.3 Å². The van der Waals surface area contributed by atoms with Crippen molar-refractivity contribution in [3.05, 3.63) is 28.8 Å². The summed E-state index contributed by atoms with van der Waals surface area (Å²) in [6.07, 6.45) is -0.158. The first-order chi connectivity index (χ1) is 10.0. The highest BCUT2D eigenvalue weighted by atomic mass is 35.5. The van der Waals surface area contributed by atoms with Gasteiger partial charge in [-0.2, -0.15) is 0 Å². The number of carbonyl (C=O) groups is 2. The molecule has 1 unspecified atom stereocenters. The van der Waals surface area contributed by atoms with Crippen LogP contribution in [0, 0.1) is 0 Å². The molecular formula is C14H16ClNO5. The molecule has 1 fully saturated rings. The lowest BCUT2D eigenvalue weighted by molar-refractivity contribution is -0.139. The third kappa shape index (κ3) is 3.65. The van der Waals surface area contributed by atoms with Gasteiger partial charge in [-0.3, -0.25) is 9.59 Å². The number of carboxylic acids is 1. The van der Waals surface area contributed by atoms with E-state index in [1.54, 1.807) is 12.1 Å². The van der Waals surface area contributed by atoms with Gasteiger partial charge in [-0.1, -0.05) is 11.6 Å². The van der Waals surface area contributed by atoms with Crippen molar-refractivity contribution in [1.29, 1.82) is 0 Å². The number of nitrogens with zero attached hydrogens (tertiary/aromatic N) is 1. The molecule has 0 aliphatic carbocycles. The number of carboxylic acid groups (broad SMARTS) is 1. The van der Waals surface area contributed by atoms with Crippen molar-refractivity contribution in [3.63, 3.8) is 0 Å². The number of methoxy groups -OCH3 is 1. The molecule has 1 saturated heterocycles. The molecule has 1 N–H and O–H groups in total. The molecule has 0 spiro atoms. The Balaban J connectivity index is 2.28. The van der Waals surface area contributed by atoms with Crippen LogP contribution in [-0.4, -0.2) is 54.8 Å². The predicted octanol–water partition coefficient (Wildman–Crippen LogP) is 1.66. The van der Waals surface area contributed by atoms with Gasteiger partial charge in [0.25, 0.3) is 5.91 Å². The van der Waals surface area contributed by atoms with Crippen molar-refractivity contribution < 1.29 is 24.2 Å². The summed E-state index contributed by atoms with van der Waals surface area (Å²) in [7, 11) is 1.47. The lowest BCUT2D eigenvalue weighted by Gasteiger charge is -2.35. The molecule has 1 aromatic carbocycles. The first kappa shape index (κ1) is 15.6. The number of morpholine rings is 1. The zero-order valence-electron chi connectivity index (χ0n) is 11.5. The number of hydrogen-bond donors (Lipinski definition) is 1. The molecule has 0 bridgehead atoms. The van der Waals surface area contributed by atoms with Crippen LogP contribution in [0.5, 0.6) is 5.75 Å². The second-order valence-corrected chi connectivity index (χ2v) is 5.11. The van der Waals surface area contributed by atoms with E-state index in [-0.39, 0.29) is 18.9 Å². The number of benzene rings is 1. The third-order valence-corrected chi connectivity index (χ3v) is 3.53. The van der Waals surface area contributed by atoms with E-state index >= 15 is 0 Å². The smallest absolute Gasteiger partial charge is 0.305 e. The Morgan fingerprint density at radius 2 is 2.29 bits per heavy atom. The van der Waals surface area contributed by atoms with Crippen LogP contribution in [0.4, 0.5) is 0 Å². The molecule has 21 heavy (non-hydrogen) atoms. The van der Waals surface area contributed by atoms with E-state index in [4.69, 9.17) is 26.2 Å². The number of rotatable bonds is 4. The average Bonchev–Trinajstić information content (AvgIpc) is 2.46. The van der Waals surface area contributed by atoms with Gasteiger partial charge in [0.15, 0.2) is 0 Å². The third-order valence-electron chi connectivity index (χ3n) is 3.29. The average molecular weight is 314 g/mol.